The summed E-state index contributed by atoms with van der Waals surface area (Å²) in [6.45, 7) is 2.47. The molecule has 0 radical (unpaired) electrons. The van der Waals surface area contributed by atoms with Gasteiger partial charge in [0.05, 0.1) is 6.54 Å². The Bertz CT molecular complexity index is 1520. The van der Waals surface area contributed by atoms with Crippen molar-refractivity contribution in [2.24, 2.45) is 14.1 Å². The number of hydrogen-bond donors (Lipinski definition) is 0. The number of aromatic nitrogens is 6. The average Bonchev–Trinajstić information content (AvgIpc) is 3.32. The molecule has 0 N–H and O–H groups in total. The van der Waals surface area contributed by atoms with Crippen molar-refractivity contribution < 1.29 is 0 Å². The van der Waals surface area contributed by atoms with E-state index in [4.69, 9.17) is 0 Å². The van der Waals surface area contributed by atoms with Gasteiger partial charge >= 0.3 is 5.69 Å². The topological polar surface area (TPSA) is 79.1 Å². The first-order valence-electron chi connectivity index (χ1n) is 9.61. The molecule has 8 heteroatoms. The summed E-state index contributed by atoms with van der Waals surface area (Å²) in [7, 11) is 3.15. The summed E-state index contributed by atoms with van der Waals surface area (Å²) < 4.78 is 6.23. The van der Waals surface area contributed by atoms with Crippen LogP contribution in [-0.2, 0) is 20.6 Å². The van der Waals surface area contributed by atoms with E-state index in [-0.39, 0.29) is 5.56 Å². The third-order valence-corrected chi connectivity index (χ3v) is 5.47. The van der Waals surface area contributed by atoms with Crippen molar-refractivity contribution in [2.45, 2.75) is 13.5 Å². The van der Waals surface area contributed by atoms with Crippen LogP contribution in [0.4, 0.5) is 0 Å². The minimum Gasteiger partial charge on any atom is -0.298 e. The van der Waals surface area contributed by atoms with Gasteiger partial charge in [0.25, 0.3) is 5.56 Å². The highest BCUT2D eigenvalue weighted by atomic mass is 16.2. The maximum atomic E-state index is 13.1. The zero-order valence-corrected chi connectivity index (χ0v) is 16.9. The number of rotatable bonds is 3. The van der Waals surface area contributed by atoms with Gasteiger partial charge in [0.1, 0.15) is 0 Å². The zero-order chi connectivity index (χ0) is 21.0. The molecule has 0 unspecified atom stereocenters. The Morgan fingerprint density at radius 3 is 2.27 bits per heavy atom. The van der Waals surface area contributed by atoms with Crippen molar-refractivity contribution in [3.05, 3.63) is 86.6 Å². The molecule has 0 fully saturated rings. The van der Waals surface area contributed by atoms with Crippen molar-refractivity contribution >= 4 is 16.9 Å². The van der Waals surface area contributed by atoms with E-state index in [0.29, 0.717) is 29.3 Å². The molecule has 0 atom stereocenters. The van der Waals surface area contributed by atoms with Crippen molar-refractivity contribution in [3.8, 4) is 11.4 Å². The van der Waals surface area contributed by atoms with Crippen LogP contribution in [0, 0.1) is 6.92 Å². The van der Waals surface area contributed by atoms with Crippen LogP contribution in [-0.4, -0.2) is 28.3 Å². The highest BCUT2D eigenvalue weighted by molar-refractivity contribution is 5.80. The Labute approximate surface area is 171 Å². The lowest BCUT2D eigenvalue weighted by Gasteiger charge is -2.08. The molecule has 5 aromatic rings. The minimum atomic E-state index is -0.394. The first kappa shape index (κ1) is 18.1. The van der Waals surface area contributed by atoms with Crippen LogP contribution in [0.3, 0.4) is 0 Å². The average molecular weight is 400 g/mol. The van der Waals surface area contributed by atoms with Crippen LogP contribution in [0.1, 0.15) is 11.1 Å². The Balaban J connectivity index is 1.91. The molecule has 0 saturated heterocycles. The van der Waals surface area contributed by atoms with Gasteiger partial charge in [0.15, 0.2) is 17.0 Å². The molecule has 8 nitrogen and oxygen atoms in total. The highest BCUT2D eigenvalue weighted by Crippen LogP contribution is 2.24. The normalized spacial score (nSPS) is 11.6. The minimum absolute atomic E-state index is 0.357. The number of imidazole rings is 1. The predicted molar refractivity (Wildman–Crippen MR) is 115 cm³/mol. The van der Waals surface area contributed by atoms with Crippen LogP contribution in [0.25, 0.3) is 28.3 Å². The number of nitrogens with zero attached hydrogens (tertiary/aromatic N) is 6. The van der Waals surface area contributed by atoms with Gasteiger partial charge in [0.2, 0.25) is 5.78 Å². The molecule has 0 saturated carbocycles. The van der Waals surface area contributed by atoms with E-state index in [1.54, 1.807) is 11.4 Å². The number of hydrogen-bond acceptors (Lipinski definition) is 4. The first-order valence-corrected chi connectivity index (χ1v) is 9.61. The molecule has 2 aromatic carbocycles. The second-order valence-electron chi connectivity index (χ2n) is 7.47. The SMILES string of the molecule is Cc1ccc(Cn2c3c(=O)n(C)c(=O)n(C)c3n3c(-c4ccccc4)nnc23)cc1. The lowest BCUT2D eigenvalue weighted by atomic mass is 10.1. The van der Waals surface area contributed by atoms with Crippen LogP contribution in [0.5, 0.6) is 0 Å². The van der Waals surface area contributed by atoms with Gasteiger partial charge in [-0.15, -0.1) is 10.2 Å². The summed E-state index contributed by atoms with van der Waals surface area (Å²) in [6, 6.07) is 17.7. The monoisotopic (exact) mass is 400 g/mol. The van der Waals surface area contributed by atoms with Gasteiger partial charge < -0.3 is 0 Å². The second-order valence-corrected chi connectivity index (χ2v) is 7.47. The molecule has 0 bridgehead atoms. The maximum Gasteiger partial charge on any atom is 0.332 e. The van der Waals surface area contributed by atoms with E-state index in [2.05, 4.69) is 10.2 Å². The van der Waals surface area contributed by atoms with E-state index < -0.39 is 5.69 Å². The van der Waals surface area contributed by atoms with Gasteiger partial charge in [-0.1, -0.05) is 60.2 Å². The summed E-state index contributed by atoms with van der Waals surface area (Å²) in [5, 5.41) is 8.78. The Hall–Kier alpha value is -3.94. The van der Waals surface area contributed by atoms with Gasteiger partial charge in [-0.25, -0.2) is 9.20 Å². The standard InChI is InChI=1S/C22H20N6O2/c1-14-9-11-15(12-10-14)13-27-17-19(25(2)22(30)26(3)20(17)29)28-18(23-24-21(27)28)16-7-5-4-6-8-16/h4-12H,13H2,1-3H3. The second kappa shape index (κ2) is 6.55. The summed E-state index contributed by atoms with van der Waals surface area (Å²) in [4.78, 5) is 25.8. The molecule has 30 heavy (non-hydrogen) atoms. The van der Waals surface area contributed by atoms with Crippen LogP contribution >= 0.6 is 0 Å². The molecule has 3 heterocycles. The fourth-order valence-corrected chi connectivity index (χ4v) is 3.85. The fourth-order valence-electron chi connectivity index (χ4n) is 3.85. The smallest absolute Gasteiger partial charge is 0.298 e. The van der Waals surface area contributed by atoms with Crippen molar-refractivity contribution in [1.82, 2.24) is 28.3 Å². The predicted octanol–water partition coefficient (Wildman–Crippen LogP) is 2.11. The molecule has 5 rings (SSSR count). The third kappa shape index (κ3) is 2.53. The quantitative estimate of drug-likeness (QED) is 0.465. The maximum absolute atomic E-state index is 13.1. The van der Waals surface area contributed by atoms with Crippen molar-refractivity contribution in [1.29, 1.82) is 0 Å². The number of aryl methyl sites for hydroxylation is 2. The number of benzene rings is 2. The molecule has 0 aliphatic rings. The van der Waals surface area contributed by atoms with Crippen molar-refractivity contribution in [2.75, 3.05) is 0 Å². The highest BCUT2D eigenvalue weighted by Gasteiger charge is 2.24. The lowest BCUT2D eigenvalue weighted by molar-refractivity contribution is 0.700. The van der Waals surface area contributed by atoms with Crippen LogP contribution in [0.2, 0.25) is 0 Å². The molecule has 0 amide bonds. The Morgan fingerprint density at radius 1 is 0.867 bits per heavy atom. The van der Waals surface area contributed by atoms with Crippen LogP contribution < -0.4 is 11.2 Å². The lowest BCUT2D eigenvalue weighted by Crippen LogP contribution is -2.37. The van der Waals surface area contributed by atoms with Crippen molar-refractivity contribution in [3.63, 3.8) is 0 Å². The van der Waals surface area contributed by atoms with Gasteiger partial charge in [0, 0.05) is 19.7 Å². The van der Waals surface area contributed by atoms with E-state index in [9.17, 15) is 9.59 Å². The Kier molecular flexibility index (Phi) is 3.95. The molecule has 0 aliphatic heterocycles. The molecular weight excluding hydrogens is 380 g/mol. The molecular formula is C22H20N6O2. The van der Waals surface area contributed by atoms with E-state index in [0.717, 1.165) is 21.3 Å². The van der Waals surface area contributed by atoms with Gasteiger partial charge in [-0.05, 0) is 12.5 Å². The largest absolute Gasteiger partial charge is 0.332 e. The molecule has 150 valence electrons. The van der Waals surface area contributed by atoms with E-state index in [1.807, 2.05) is 66.1 Å². The van der Waals surface area contributed by atoms with Gasteiger partial charge in [-0.2, -0.15) is 0 Å². The number of fused-ring (bicyclic) bond motifs is 3. The van der Waals surface area contributed by atoms with Gasteiger partial charge in [-0.3, -0.25) is 18.5 Å². The van der Waals surface area contributed by atoms with E-state index >= 15 is 0 Å². The third-order valence-electron chi connectivity index (χ3n) is 5.47. The zero-order valence-electron chi connectivity index (χ0n) is 16.9. The molecule has 0 spiro atoms. The van der Waals surface area contributed by atoms with Crippen LogP contribution in [0.15, 0.2) is 64.2 Å². The Morgan fingerprint density at radius 2 is 1.57 bits per heavy atom. The fraction of sp³-hybridized carbons (Fsp3) is 0.182. The summed E-state index contributed by atoms with van der Waals surface area (Å²) in [5.74, 6) is 1.10. The summed E-state index contributed by atoms with van der Waals surface area (Å²) in [5.41, 5.74) is 3.19. The first-order chi connectivity index (χ1) is 14.5. The summed E-state index contributed by atoms with van der Waals surface area (Å²) >= 11 is 0. The molecule has 0 aliphatic carbocycles. The molecule has 3 aromatic heterocycles. The summed E-state index contributed by atoms with van der Waals surface area (Å²) in [6.07, 6.45) is 0. The van der Waals surface area contributed by atoms with E-state index in [1.165, 1.54) is 11.6 Å².